The molecule has 25 heteroatoms. The molecule has 14 rings (SSSR count). The molecule has 21 nitrogen and oxygen atoms in total. The number of nitrogens with zero attached hydrogens (tertiary/aromatic N) is 15. The van der Waals surface area contributed by atoms with E-state index in [0.717, 1.165) is 121 Å². The highest BCUT2D eigenvalue weighted by atomic mass is 19.1. The fourth-order valence-electron chi connectivity index (χ4n) is 13.1. The average Bonchev–Trinajstić information content (AvgIpc) is 1.44. The molecule has 3 fully saturated rings. The van der Waals surface area contributed by atoms with Crippen LogP contribution in [0.5, 0.6) is 0 Å². The Hall–Kier alpha value is -10.0. The van der Waals surface area contributed by atoms with E-state index < -0.39 is 17.5 Å². The first kappa shape index (κ1) is 62.2. The average molecular weight is 1250 g/mol. The number of nitriles is 1. The summed E-state index contributed by atoms with van der Waals surface area (Å²) in [6.45, 7) is 6.43. The molecule has 5 aromatic rings. The predicted molar refractivity (Wildman–Crippen MR) is 344 cm³/mol. The quantitative estimate of drug-likeness (QED) is 0.108. The highest BCUT2D eigenvalue weighted by molar-refractivity contribution is 5.81. The van der Waals surface area contributed by atoms with Crippen LogP contribution in [0.4, 0.5) is 35.0 Å². The van der Waals surface area contributed by atoms with E-state index in [4.69, 9.17) is 22.2 Å². The van der Waals surface area contributed by atoms with E-state index in [1.54, 1.807) is 57.0 Å². The van der Waals surface area contributed by atoms with E-state index in [-0.39, 0.29) is 66.2 Å². The van der Waals surface area contributed by atoms with Gasteiger partial charge in [-0.25, -0.2) is 56.9 Å². The second-order valence-corrected chi connectivity index (χ2v) is 23.9. The highest BCUT2D eigenvalue weighted by Gasteiger charge is 2.32. The number of hydrogen-bond donors (Lipinski definition) is 3. The van der Waals surface area contributed by atoms with Crippen molar-refractivity contribution in [2.24, 2.45) is 31.3 Å². The van der Waals surface area contributed by atoms with Crippen molar-refractivity contribution in [1.82, 2.24) is 52.3 Å². The Bertz CT molecular complexity index is 4640. The van der Waals surface area contributed by atoms with Gasteiger partial charge in [0.1, 0.15) is 64.0 Å². The fraction of sp³-hybridized carbons (Fsp3) is 0.328. The van der Waals surface area contributed by atoms with Crippen LogP contribution >= 0.6 is 0 Å². The van der Waals surface area contributed by atoms with Gasteiger partial charge >= 0.3 is 17.1 Å². The van der Waals surface area contributed by atoms with E-state index in [1.807, 2.05) is 55.5 Å². The number of hydrogen-bond acceptors (Lipinski definition) is 15. The molecule has 0 amide bonds. The smallest absolute Gasteiger partial charge is 0.332 e. The van der Waals surface area contributed by atoms with Gasteiger partial charge in [0.05, 0.1) is 60.0 Å². The molecule has 92 heavy (non-hydrogen) atoms. The van der Waals surface area contributed by atoms with Crippen molar-refractivity contribution >= 4 is 28.4 Å². The first-order valence-electron chi connectivity index (χ1n) is 30.7. The molecule has 9 aliphatic heterocycles. The summed E-state index contributed by atoms with van der Waals surface area (Å²) in [5.74, 6) is 2.49. The molecule has 0 radical (unpaired) electrons. The number of fused-ring (bicyclic) bond motifs is 4. The summed E-state index contributed by atoms with van der Waals surface area (Å²) in [7, 11) is 3.34. The maximum atomic E-state index is 14.3. The lowest BCUT2D eigenvalue weighted by molar-refractivity contribution is 0.490. The highest BCUT2D eigenvalue weighted by Crippen LogP contribution is 2.36. The van der Waals surface area contributed by atoms with Crippen molar-refractivity contribution in [2.75, 3.05) is 54.0 Å². The first-order valence-corrected chi connectivity index (χ1v) is 30.7. The Balaban J connectivity index is 0.000000137. The molecule has 9 aliphatic rings. The van der Waals surface area contributed by atoms with Crippen molar-refractivity contribution in [2.45, 2.75) is 89.8 Å². The van der Waals surface area contributed by atoms with Gasteiger partial charge in [0, 0.05) is 107 Å². The molecule has 10 heterocycles. The summed E-state index contributed by atoms with van der Waals surface area (Å²) < 4.78 is 65.1. The molecule has 0 aliphatic carbocycles. The van der Waals surface area contributed by atoms with Gasteiger partial charge in [0.25, 0.3) is 0 Å². The second kappa shape index (κ2) is 26.4. The topological polar surface area (TPSA) is 257 Å². The summed E-state index contributed by atoms with van der Waals surface area (Å²) in [6, 6.07) is 29.2. The van der Waals surface area contributed by atoms with E-state index in [1.165, 1.54) is 39.5 Å². The Labute approximate surface area is 526 Å². The van der Waals surface area contributed by atoms with Crippen LogP contribution in [0.25, 0.3) is 45.1 Å². The maximum Gasteiger partial charge on any atom is 0.332 e. The SMILES string of the molecule is Cc1nc(Cn2c3nccc-3c(N3CCCC(N)C3)n(Cc3cc(F)ccc3C#N)c2=O)nc2ccccc12.Cn1c2nccc-2c(N2CCC[C@@H](N)C2)n(Cc2cc(F)ccc2F)c1=O.Cn1c2nccc-2c(N2CCC[C@@H](N)C2)n(Cc2cccc(F)c2)c1=O. The van der Waals surface area contributed by atoms with Crippen molar-refractivity contribution in [3.63, 3.8) is 0 Å². The van der Waals surface area contributed by atoms with Gasteiger partial charge in [0.15, 0.2) is 0 Å². The normalized spacial score (nSPS) is 16.8. The predicted octanol–water partition coefficient (Wildman–Crippen LogP) is 7.18. The van der Waals surface area contributed by atoms with Crippen molar-refractivity contribution in [3.8, 4) is 40.2 Å². The van der Waals surface area contributed by atoms with Gasteiger partial charge in [-0.3, -0.25) is 27.4 Å². The van der Waals surface area contributed by atoms with Gasteiger partial charge in [-0.15, -0.1) is 0 Å². The summed E-state index contributed by atoms with van der Waals surface area (Å²) in [5, 5.41) is 10.6. The third kappa shape index (κ3) is 12.6. The summed E-state index contributed by atoms with van der Waals surface area (Å²) in [5.41, 5.74) is 23.5. The van der Waals surface area contributed by atoms with Crippen molar-refractivity contribution in [3.05, 3.63) is 210 Å². The Morgan fingerprint density at radius 3 is 1.57 bits per heavy atom. The Morgan fingerprint density at radius 1 is 0.522 bits per heavy atom. The van der Waals surface area contributed by atoms with Crippen LogP contribution in [0.15, 0.2) is 136 Å². The summed E-state index contributed by atoms with van der Waals surface area (Å²) in [6.07, 6.45) is 10.6. The Kier molecular flexibility index (Phi) is 17.9. The minimum atomic E-state index is -0.548. The number of halogens is 4. The molecule has 0 spiro atoms. The third-order valence-corrected chi connectivity index (χ3v) is 17.4. The number of piperidine rings is 3. The largest absolute Gasteiger partial charge is 0.356 e. The molecule has 0 bridgehead atoms. The van der Waals surface area contributed by atoms with Gasteiger partial charge in [-0.1, -0.05) is 30.3 Å². The van der Waals surface area contributed by atoms with Crippen molar-refractivity contribution < 1.29 is 17.6 Å². The van der Waals surface area contributed by atoms with Crippen LogP contribution in [0.1, 0.15) is 72.3 Å². The fourth-order valence-corrected chi connectivity index (χ4v) is 13.1. The Morgan fingerprint density at radius 2 is 1.01 bits per heavy atom. The second-order valence-electron chi connectivity index (χ2n) is 23.9. The van der Waals surface area contributed by atoms with Crippen LogP contribution < -0.4 is 49.0 Å². The molecule has 0 saturated carbocycles. The molecule has 3 saturated heterocycles. The molecule has 3 atom stereocenters. The number of aryl methyl sites for hydroxylation is 1. The van der Waals surface area contributed by atoms with Crippen LogP contribution in [0, 0.1) is 41.5 Å². The lowest BCUT2D eigenvalue weighted by Gasteiger charge is -2.36. The zero-order valence-corrected chi connectivity index (χ0v) is 51.3. The van der Waals surface area contributed by atoms with Gasteiger partial charge < -0.3 is 31.9 Å². The molecule has 474 valence electrons. The number of nitrogens with two attached hydrogens (primary N) is 3. The summed E-state index contributed by atoms with van der Waals surface area (Å²) >= 11 is 0. The zero-order valence-electron chi connectivity index (χ0n) is 51.3. The minimum absolute atomic E-state index is 0.000125. The number of aromatic nitrogens is 11. The standard InChI is InChI=1S/C29H27FN8O.C19H21F2N5O.C19H22FN5O/c1-18-23-6-2-3-7-25(23)35-26(34-18)17-37-27-24(10-11-33-27)28(36-12-4-5-22(32)16-36)38(29(37)39)15-20-13-21(30)9-8-19(20)14-31;1-24-17-15(6-7-23-17)18(25-8-2-3-14(22)11-25)26(19(24)27)10-12-9-13(20)4-5-16(12)21;1-23-17-16(7-8-22-17)18(24-9-3-6-15(21)12-24)25(19(23)26)11-13-4-2-5-14(20)10-13/h2-3,6-11,13,22H,4-5,12,15-17,32H2,1H3;4-7,9,14H,2-3,8,10-11,22H2,1H3;2,4-5,7-8,10,15H,3,6,9,11-12,21H2,1H3/t;14-;15-/m.11/s1. The van der Waals surface area contributed by atoms with Crippen LogP contribution in [0.3, 0.4) is 0 Å². The number of rotatable bonds is 11. The maximum absolute atomic E-state index is 14.3. The van der Waals surface area contributed by atoms with Gasteiger partial charge in [-0.05, 0) is 129 Å². The molecular weight excluding hydrogens is 1180 g/mol. The van der Waals surface area contributed by atoms with E-state index in [9.17, 15) is 37.2 Å². The van der Waals surface area contributed by atoms with E-state index >= 15 is 0 Å². The molecule has 1 aromatic heterocycles. The number of para-hydroxylation sites is 1. The minimum Gasteiger partial charge on any atom is -0.356 e. The van der Waals surface area contributed by atoms with Crippen LogP contribution in [0.2, 0.25) is 0 Å². The van der Waals surface area contributed by atoms with Crippen LogP contribution in [-0.4, -0.2) is 110 Å². The monoisotopic (exact) mass is 1250 g/mol. The van der Waals surface area contributed by atoms with Gasteiger partial charge in [0.2, 0.25) is 0 Å². The number of benzene rings is 4. The van der Waals surface area contributed by atoms with E-state index in [2.05, 4.69) is 40.7 Å². The molecule has 4 aromatic carbocycles. The van der Waals surface area contributed by atoms with Crippen molar-refractivity contribution in [1.29, 1.82) is 5.26 Å². The summed E-state index contributed by atoms with van der Waals surface area (Å²) in [4.78, 5) is 69.3. The molecule has 1 unspecified atom stereocenters. The first-order chi connectivity index (χ1) is 44.4. The van der Waals surface area contributed by atoms with Gasteiger partial charge in [-0.2, -0.15) is 5.26 Å². The lowest BCUT2D eigenvalue weighted by atomic mass is 10.1. The number of anilines is 3. The lowest BCUT2D eigenvalue weighted by Crippen LogP contribution is -2.46. The van der Waals surface area contributed by atoms with Crippen LogP contribution in [-0.2, 0) is 40.3 Å². The molecular formula is C67H70F4N18O3. The third-order valence-electron chi connectivity index (χ3n) is 17.4. The zero-order chi connectivity index (χ0) is 64.5. The van der Waals surface area contributed by atoms with E-state index in [0.29, 0.717) is 72.2 Å². The molecule has 6 N–H and O–H groups in total.